The first-order valence-corrected chi connectivity index (χ1v) is 6.95. The molecule has 1 aliphatic heterocycles. The molecule has 1 heterocycles. The Kier molecular flexibility index (Phi) is 4.89. The van der Waals surface area contributed by atoms with Crippen LogP contribution in [0.25, 0.3) is 0 Å². The molecule has 0 saturated carbocycles. The summed E-state index contributed by atoms with van der Waals surface area (Å²) in [7, 11) is 0. The van der Waals surface area contributed by atoms with Crippen LogP contribution in [-0.4, -0.2) is 42.5 Å². The average Bonchev–Trinajstić information content (AvgIpc) is 2.39. The minimum Gasteiger partial charge on any atom is -0.373 e. The number of hydrogen-bond acceptors (Lipinski definition) is 4. The number of Topliss-reactive ketones (excluding diaryl/α,β-unsaturated/α-hetero) is 1. The first-order chi connectivity index (χ1) is 9.60. The molecule has 1 aliphatic rings. The molecule has 0 unspecified atom stereocenters. The van der Waals surface area contributed by atoms with E-state index in [1.165, 1.54) is 0 Å². The number of rotatable bonds is 4. The summed E-state index contributed by atoms with van der Waals surface area (Å²) in [6.45, 7) is 5.80. The van der Waals surface area contributed by atoms with Gasteiger partial charge in [-0.1, -0.05) is 30.3 Å². The van der Waals surface area contributed by atoms with E-state index in [0.717, 1.165) is 18.7 Å². The van der Waals surface area contributed by atoms with Gasteiger partial charge in [0.05, 0.1) is 24.8 Å². The Balaban J connectivity index is 2.02. The van der Waals surface area contributed by atoms with E-state index in [9.17, 15) is 10.1 Å². The molecule has 1 aromatic carbocycles. The van der Waals surface area contributed by atoms with E-state index in [1.807, 2.05) is 44.2 Å². The highest BCUT2D eigenvalue weighted by Crippen LogP contribution is 2.18. The van der Waals surface area contributed by atoms with Gasteiger partial charge in [0.2, 0.25) is 0 Å². The molecule has 0 aliphatic carbocycles. The number of carbonyl (C=O) groups excluding carboxylic acids is 1. The summed E-state index contributed by atoms with van der Waals surface area (Å²) in [6, 6.07) is 11.4. The van der Waals surface area contributed by atoms with Crippen molar-refractivity contribution in [3.63, 3.8) is 0 Å². The van der Waals surface area contributed by atoms with Crippen molar-refractivity contribution in [1.29, 1.82) is 5.26 Å². The highest BCUT2D eigenvalue weighted by Gasteiger charge is 2.27. The molecule has 4 heteroatoms. The van der Waals surface area contributed by atoms with Crippen LogP contribution in [-0.2, 0) is 9.53 Å². The van der Waals surface area contributed by atoms with Crippen molar-refractivity contribution < 1.29 is 9.53 Å². The zero-order valence-corrected chi connectivity index (χ0v) is 12.0. The second kappa shape index (κ2) is 6.65. The number of ketones is 1. The lowest BCUT2D eigenvalue weighted by molar-refractivity contribution is -0.124. The number of hydrogen-bond donors (Lipinski definition) is 0. The Labute approximate surface area is 120 Å². The van der Waals surface area contributed by atoms with Gasteiger partial charge in [-0.2, -0.15) is 5.26 Å². The number of morpholine rings is 1. The van der Waals surface area contributed by atoms with Crippen LogP contribution in [0.3, 0.4) is 0 Å². The lowest BCUT2D eigenvalue weighted by Crippen LogP contribution is -2.47. The maximum Gasteiger partial charge on any atom is 0.168 e. The standard InChI is InChI=1S/C16H20N2O2/c1-12-9-18(10-13(2)20-12)11-16(19)15(8-17)14-6-4-3-5-7-14/h3-7,12-13,15H,9-11H2,1-2H3/t12-,13-,15-/m0/s1. The van der Waals surface area contributed by atoms with Gasteiger partial charge in [-0.05, 0) is 19.4 Å². The van der Waals surface area contributed by atoms with E-state index in [2.05, 4.69) is 11.0 Å². The largest absolute Gasteiger partial charge is 0.373 e. The van der Waals surface area contributed by atoms with Crippen LogP contribution < -0.4 is 0 Å². The van der Waals surface area contributed by atoms with Crippen LogP contribution in [0.2, 0.25) is 0 Å². The van der Waals surface area contributed by atoms with Crippen LogP contribution in [0.4, 0.5) is 0 Å². The second-order valence-electron chi connectivity index (χ2n) is 5.39. The zero-order valence-electron chi connectivity index (χ0n) is 12.0. The summed E-state index contributed by atoms with van der Waals surface area (Å²) in [5.74, 6) is -0.718. The summed E-state index contributed by atoms with van der Waals surface area (Å²) >= 11 is 0. The van der Waals surface area contributed by atoms with Crippen molar-refractivity contribution in [3.8, 4) is 6.07 Å². The number of nitriles is 1. The minimum absolute atomic E-state index is 0.0417. The van der Waals surface area contributed by atoms with E-state index >= 15 is 0 Å². The van der Waals surface area contributed by atoms with Crippen molar-refractivity contribution in [2.45, 2.75) is 32.0 Å². The Morgan fingerprint density at radius 2 is 1.95 bits per heavy atom. The van der Waals surface area contributed by atoms with Crippen molar-refractivity contribution in [1.82, 2.24) is 4.90 Å². The quantitative estimate of drug-likeness (QED) is 0.841. The van der Waals surface area contributed by atoms with E-state index in [-0.39, 0.29) is 18.0 Å². The number of nitrogens with zero attached hydrogens (tertiary/aromatic N) is 2. The molecule has 3 atom stereocenters. The van der Waals surface area contributed by atoms with Gasteiger partial charge < -0.3 is 4.74 Å². The molecule has 1 fully saturated rings. The van der Waals surface area contributed by atoms with E-state index in [1.54, 1.807) is 0 Å². The molecule has 1 saturated heterocycles. The van der Waals surface area contributed by atoms with Crippen molar-refractivity contribution in [2.24, 2.45) is 0 Å². The summed E-state index contributed by atoms with van der Waals surface area (Å²) in [5, 5.41) is 9.27. The van der Waals surface area contributed by atoms with E-state index < -0.39 is 5.92 Å². The normalized spacial score (nSPS) is 24.9. The maximum absolute atomic E-state index is 12.4. The zero-order chi connectivity index (χ0) is 14.5. The van der Waals surface area contributed by atoms with Crippen molar-refractivity contribution >= 4 is 5.78 Å². The highest BCUT2D eigenvalue weighted by atomic mass is 16.5. The third kappa shape index (κ3) is 3.66. The Hall–Kier alpha value is -1.70. The molecule has 106 valence electrons. The van der Waals surface area contributed by atoms with Crippen LogP contribution in [0.5, 0.6) is 0 Å². The van der Waals surface area contributed by atoms with Gasteiger partial charge in [-0.25, -0.2) is 0 Å². The molecule has 0 aromatic heterocycles. The Morgan fingerprint density at radius 1 is 1.35 bits per heavy atom. The van der Waals surface area contributed by atoms with Crippen LogP contribution in [0.1, 0.15) is 25.3 Å². The first-order valence-electron chi connectivity index (χ1n) is 6.95. The molecule has 0 spiro atoms. The Bertz CT molecular complexity index is 485. The lowest BCUT2D eigenvalue weighted by atomic mass is 9.95. The van der Waals surface area contributed by atoms with Crippen LogP contribution in [0, 0.1) is 11.3 Å². The van der Waals surface area contributed by atoms with Gasteiger partial charge in [-0.15, -0.1) is 0 Å². The van der Waals surface area contributed by atoms with Gasteiger partial charge in [0.1, 0.15) is 5.92 Å². The van der Waals surface area contributed by atoms with E-state index in [4.69, 9.17) is 4.74 Å². The monoisotopic (exact) mass is 272 g/mol. The first kappa shape index (κ1) is 14.7. The van der Waals surface area contributed by atoms with E-state index in [0.29, 0.717) is 6.54 Å². The molecule has 0 amide bonds. The summed E-state index contributed by atoms with van der Waals surface area (Å²) in [6.07, 6.45) is 0.257. The topological polar surface area (TPSA) is 53.3 Å². The fourth-order valence-corrected chi connectivity index (χ4v) is 2.70. The summed E-state index contributed by atoms with van der Waals surface area (Å²) in [4.78, 5) is 14.4. The summed E-state index contributed by atoms with van der Waals surface area (Å²) < 4.78 is 5.65. The lowest BCUT2D eigenvalue weighted by Gasteiger charge is -2.35. The predicted octanol–water partition coefficient (Wildman–Crippen LogP) is 1.97. The molecule has 0 bridgehead atoms. The molecular weight excluding hydrogens is 252 g/mol. The molecule has 0 radical (unpaired) electrons. The van der Waals surface area contributed by atoms with Gasteiger partial charge in [0.25, 0.3) is 0 Å². The van der Waals surface area contributed by atoms with Crippen molar-refractivity contribution in [2.75, 3.05) is 19.6 Å². The fraction of sp³-hybridized carbons (Fsp3) is 0.500. The summed E-state index contributed by atoms with van der Waals surface area (Å²) in [5.41, 5.74) is 0.773. The maximum atomic E-state index is 12.4. The SMILES string of the molecule is C[C@H]1CN(CC(=O)[C@@H](C#N)c2ccccc2)C[C@H](C)O1. The molecule has 20 heavy (non-hydrogen) atoms. The predicted molar refractivity (Wildman–Crippen MR) is 76.3 cm³/mol. The van der Waals surface area contributed by atoms with Gasteiger partial charge in [-0.3, -0.25) is 9.69 Å². The second-order valence-corrected chi connectivity index (χ2v) is 5.39. The Morgan fingerprint density at radius 3 is 2.50 bits per heavy atom. The van der Waals surface area contributed by atoms with Crippen molar-refractivity contribution in [3.05, 3.63) is 35.9 Å². The average molecular weight is 272 g/mol. The highest BCUT2D eigenvalue weighted by molar-refractivity contribution is 5.90. The van der Waals surface area contributed by atoms with Gasteiger partial charge >= 0.3 is 0 Å². The number of carbonyl (C=O) groups is 1. The number of ether oxygens (including phenoxy) is 1. The smallest absolute Gasteiger partial charge is 0.168 e. The molecule has 2 rings (SSSR count). The molecule has 1 aromatic rings. The van der Waals surface area contributed by atoms with Crippen LogP contribution >= 0.6 is 0 Å². The third-order valence-electron chi connectivity index (χ3n) is 3.46. The van der Waals surface area contributed by atoms with Crippen LogP contribution in [0.15, 0.2) is 30.3 Å². The van der Waals surface area contributed by atoms with Gasteiger partial charge in [0.15, 0.2) is 5.78 Å². The molecule has 0 N–H and O–H groups in total. The van der Waals surface area contributed by atoms with Gasteiger partial charge in [0, 0.05) is 13.1 Å². The minimum atomic E-state index is -0.676. The number of benzene rings is 1. The third-order valence-corrected chi connectivity index (χ3v) is 3.46. The fourth-order valence-electron chi connectivity index (χ4n) is 2.70. The molecule has 4 nitrogen and oxygen atoms in total. The molecular formula is C16H20N2O2.